The Bertz CT molecular complexity index is 450. The highest BCUT2D eigenvalue weighted by Gasteiger charge is 2.22. The largest absolute Gasteiger partial charge is 0.493 e. The van der Waals surface area contributed by atoms with Gasteiger partial charge in [0.25, 0.3) is 0 Å². The van der Waals surface area contributed by atoms with Crippen molar-refractivity contribution >= 4 is 0 Å². The summed E-state index contributed by atoms with van der Waals surface area (Å²) in [6, 6.07) is 10.5. The summed E-state index contributed by atoms with van der Waals surface area (Å²) in [5.74, 6) is 1.51. The molecule has 0 aliphatic heterocycles. The maximum atomic E-state index is 8.94. The van der Waals surface area contributed by atoms with Crippen LogP contribution in [-0.2, 0) is 0 Å². The lowest BCUT2D eigenvalue weighted by atomic mass is 10.2. The Morgan fingerprint density at radius 2 is 1.95 bits per heavy atom. The van der Waals surface area contributed by atoms with Crippen molar-refractivity contribution in [2.75, 3.05) is 26.8 Å². The second kappa shape index (κ2) is 7.76. The van der Waals surface area contributed by atoms with Crippen LogP contribution in [0.1, 0.15) is 25.7 Å². The minimum Gasteiger partial charge on any atom is -0.493 e. The summed E-state index contributed by atoms with van der Waals surface area (Å²) in [6.07, 6.45) is 4.96. The summed E-state index contributed by atoms with van der Waals surface area (Å²) >= 11 is 0. The van der Waals surface area contributed by atoms with Crippen LogP contribution in [0, 0.1) is 11.3 Å². The van der Waals surface area contributed by atoms with E-state index in [4.69, 9.17) is 14.7 Å². The highest BCUT2D eigenvalue weighted by molar-refractivity contribution is 5.39. The van der Waals surface area contributed by atoms with Gasteiger partial charge in [-0.05, 0) is 25.0 Å². The zero-order chi connectivity index (χ0) is 14.2. The smallest absolute Gasteiger partial charge is 0.161 e. The standard InChI is InChI=1S/C16H22N2O2/c1-19-15-8-4-5-9-16(15)20-13-12-18(11-10-17)14-6-2-3-7-14/h4-5,8-9,14H,2-3,6-7,11-13H2,1H3. The first kappa shape index (κ1) is 14.7. The third-order valence-corrected chi connectivity index (χ3v) is 3.82. The highest BCUT2D eigenvalue weighted by atomic mass is 16.5. The lowest BCUT2D eigenvalue weighted by Crippen LogP contribution is -2.36. The molecule has 20 heavy (non-hydrogen) atoms. The molecule has 0 aromatic heterocycles. The first-order chi connectivity index (χ1) is 9.85. The highest BCUT2D eigenvalue weighted by Crippen LogP contribution is 2.26. The number of methoxy groups -OCH3 is 1. The summed E-state index contributed by atoms with van der Waals surface area (Å²) in [5, 5.41) is 8.94. The number of ether oxygens (including phenoxy) is 2. The van der Waals surface area contributed by atoms with E-state index in [0.717, 1.165) is 18.0 Å². The molecule has 1 saturated carbocycles. The molecule has 1 aliphatic rings. The Morgan fingerprint density at radius 1 is 1.25 bits per heavy atom. The third kappa shape index (κ3) is 3.88. The van der Waals surface area contributed by atoms with E-state index in [0.29, 0.717) is 19.2 Å². The number of para-hydroxylation sites is 2. The summed E-state index contributed by atoms with van der Waals surface area (Å²) in [5.41, 5.74) is 0. The van der Waals surface area contributed by atoms with Crippen LogP contribution in [0.15, 0.2) is 24.3 Å². The molecule has 1 fully saturated rings. The molecule has 1 aliphatic carbocycles. The van der Waals surface area contributed by atoms with Crippen molar-refractivity contribution in [2.24, 2.45) is 0 Å². The van der Waals surface area contributed by atoms with E-state index in [1.54, 1.807) is 7.11 Å². The second-order valence-electron chi connectivity index (χ2n) is 5.07. The number of nitrogens with zero attached hydrogens (tertiary/aromatic N) is 2. The normalized spacial score (nSPS) is 15.2. The zero-order valence-corrected chi connectivity index (χ0v) is 12.0. The van der Waals surface area contributed by atoms with Gasteiger partial charge in [-0.2, -0.15) is 5.26 Å². The molecule has 0 amide bonds. The van der Waals surface area contributed by atoms with Gasteiger partial charge in [0, 0.05) is 12.6 Å². The lowest BCUT2D eigenvalue weighted by Gasteiger charge is -2.26. The zero-order valence-electron chi connectivity index (χ0n) is 12.0. The van der Waals surface area contributed by atoms with Crippen molar-refractivity contribution < 1.29 is 9.47 Å². The van der Waals surface area contributed by atoms with E-state index in [1.165, 1.54) is 25.7 Å². The van der Waals surface area contributed by atoms with Crippen molar-refractivity contribution in [2.45, 2.75) is 31.7 Å². The van der Waals surface area contributed by atoms with Crippen LogP contribution in [0.3, 0.4) is 0 Å². The Labute approximate surface area is 120 Å². The second-order valence-corrected chi connectivity index (χ2v) is 5.07. The molecular weight excluding hydrogens is 252 g/mol. The van der Waals surface area contributed by atoms with E-state index in [9.17, 15) is 0 Å². The van der Waals surface area contributed by atoms with Crippen molar-refractivity contribution in [1.82, 2.24) is 4.90 Å². The van der Waals surface area contributed by atoms with E-state index < -0.39 is 0 Å². The van der Waals surface area contributed by atoms with E-state index in [1.807, 2.05) is 24.3 Å². The monoisotopic (exact) mass is 274 g/mol. The maximum Gasteiger partial charge on any atom is 0.161 e. The molecule has 108 valence electrons. The van der Waals surface area contributed by atoms with Gasteiger partial charge in [0.15, 0.2) is 11.5 Å². The SMILES string of the molecule is COc1ccccc1OCCN(CC#N)C1CCCC1. The molecule has 0 bridgehead atoms. The van der Waals surface area contributed by atoms with Gasteiger partial charge >= 0.3 is 0 Å². The Hall–Kier alpha value is -1.73. The topological polar surface area (TPSA) is 45.5 Å². The Balaban J connectivity index is 1.85. The number of hydrogen-bond donors (Lipinski definition) is 0. The molecule has 1 aromatic carbocycles. The number of rotatable bonds is 7. The van der Waals surface area contributed by atoms with Crippen LogP contribution in [-0.4, -0.2) is 37.7 Å². The van der Waals surface area contributed by atoms with Crippen LogP contribution in [0.5, 0.6) is 11.5 Å². The van der Waals surface area contributed by atoms with Gasteiger partial charge in [-0.3, -0.25) is 4.90 Å². The third-order valence-electron chi connectivity index (χ3n) is 3.82. The molecule has 0 saturated heterocycles. The fraction of sp³-hybridized carbons (Fsp3) is 0.562. The number of nitriles is 1. The van der Waals surface area contributed by atoms with Gasteiger partial charge in [0.1, 0.15) is 6.61 Å². The summed E-state index contributed by atoms with van der Waals surface area (Å²) in [6.45, 7) is 1.86. The van der Waals surface area contributed by atoms with Crippen molar-refractivity contribution in [1.29, 1.82) is 5.26 Å². The molecule has 0 heterocycles. The predicted octanol–water partition coefficient (Wildman–Crippen LogP) is 2.84. The molecule has 0 radical (unpaired) electrons. The molecule has 4 nitrogen and oxygen atoms in total. The summed E-state index contributed by atoms with van der Waals surface area (Å²) < 4.78 is 11.0. The predicted molar refractivity (Wildman–Crippen MR) is 77.9 cm³/mol. The molecule has 0 atom stereocenters. The van der Waals surface area contributed by atoms with Crippen LogP contribution in [0.2, 0.25) is 0 Å². The average Bonchev–Trinajstić information content (AvgIpc) is 3.01. The molecule has 4 heteroatoms. The molecule has 0 N–H and O–H groups in total. The van der Waals surface area contributed by atoms with Crippen molar-refractivity contribution in [3.8, 4) is 17.6 Å². The van der Waals surface area contributed by atoms with Gasteiger partial charge in [0.05, 0.1) is 19.7 Å². The van der Waals surface area contributed by atoms with E-state index in [-0.39, 0.29) is 0 Å². The van der Waals surface area contributed by atoms with Crippen LogP contribution in [0.4, 0.5) is 0 Å². The van der Waals surface area contributed by atoms with Gasteiger partial charge in [-0.25, -0.2) is 0 Å². The van der Waals surface area contributed by atoms with Crippen LogP contribution in [0.25, 0.3) is 0 Å². The van der Waals surface area contributed by atoms with Gasteiger partial charge in [-0.1, -0.05) is 25.0 Å². The first-order valence-electron chi connectivity index (χ1n) is 7.22. The van der Waals surface area contributed by atoms with Gasteiger partial charge in [0.2, 0.25) is 0 Å². The summed E-state index contributed by atoms with van der Waals surface area (Å²) in [4.78, 5) is 2.24. The average molecular weight is 274 g/mol. The van der Waals surface area contributed by atoms with Crippen molar-refractivity contribution in [3.63, 3.8) is 0 Å². The molecule has 2 rings (SSSR count). The Morgan fingerprint density at radius 3 is 2.60 bits per heavy atom. The van der Waals surface area contributed by atoms with Crippen LogP contribution < -0.4 is 9.47 Å². The molecule has 0 spiro atoms. The lowest BCUT2D eigenvalue weighted by molar-refractivity contribution is 0.175. The fourth-order valence-electron chi connectivity index (χ4n) is 2.76. The maximum absolute atomic E-state index is 8.94. The first-order valence-corrected chi connectivity index (χ1v) is 7.22. The Kier molecular flexibility index (Phi) is 5.69. The molecule has 1 aromatic rings. The van der Waals surface area contributed by atoms with Gasteiger partial charge in [-0.15, -0.1) is 0 Å². The summed E-state index contributed by atoms with van der Waals surface area (Å²) in [7, 11) is 1.64. The minimum atomic E-state index is 0.486. The fourth-order valence-corrected chi connectivity index (χ4v) is 2.76. The number of benzene rings is 1. The number of hydrogen-bond acceptors (Lipinski definition) is 4. The molecular formula is C16H22N2O2. The quantitative estimate of drug-likeness (QED) is 0.717. The van der Waals surface area contributed by atoms with E-state index >= 15 is 0 Å². The minimum absolute atomic E-state index is 0.486. The van der Waals surface area contributed by atoms with Crippen LogP contribution >= 0.6 is 0 Å². The van der Waals surface area contributed by atoms with Gasteiger partial charge < -0.3 is 9.47 Å². The van der Waals surface area contributed by atoms with Crippen molar-refractivity contribution in [3.05, 3.63) is 24.3 Å². The molecule has 0 unspecified atom stereocenters. The van der Waals surface area contributed by atoms with E-state index in [2.05, 4.69) is 11.0 Å².